The smallest absolute Gasteiger partial charge is 0.250 e. The van der Waals surface area contributed by atoms with Gasteiger partial charge in [-0.3, -0.25) is 9.59 Å². The third-order valence-corrected chi connectivity index (χ3v) is 9.69. The minimum atomic E-state index is -0.985. The number of anilines is 3. The molecule has 5 heterocycles. The monoisotopic (exact) mass is 825 g/mol. The highest BCUT2D eigenvalue weighted by molar-refractivity contribution is 5.81. The topological polar surface area (TPSA) is 253 Å². The molecule has 2 amide bonds. The molecule has 0 aromatic carbocycles. The van der Waals surface area contributed by atoms with Gasteiger partial charge in [-0.25, -0.2) is 9.36 Å². The summed E-state index contributed by atoms with van der Waals surface area (Å²) in [7, 11) is 0. The van der Waals surface area contributed by atoms with Gasteiger partial charge in [-0.2, -0.15) is 15.0 Å². The fourth-order valence-corrected chi connectivity index (χ4v) is 6.60. The number of aliphatic hydroxyl groups is 2. The average molecular weight is 826 g/mol. The van der Waals surface area contributed by atoms with Crippen molar-refractivity contribution in [2.24, 2.45) is 5.73 Å². The number of aromatic nitrogens is 9. The van der Waals surface area contributed by atoms with E-state index < -0.39 is 18.2 Å². The van der Waals surface area contributed by atoms with Gasteiger partial charge in [0.15, 0.2) is 6.04 Å². The number of nitrogens with one attached hydrogen (secondary N) is 1. The van der Waals surface area contributed by atoms with E-state index in [2.05, 4.69) is 31.9 Å². The molecule has 5 N–H and O–H groups in total. The number of nitrogens with zero attached hydrogens (tertiary/aromatic N) is 13. The largest absolute Gasteiger partial charge is 0.393 e. The Morgan fingerprint density at radius 3 is 2.08 bits per heavy atom. The molecule has 5 rings (SSSR count). The Balaban J connectivity index is 1.19. The number of hydrogen-bond donors (Lipinski definition) is 4. The SMILES string of the molecule is C#CCOCCOCCOCCNc1nc(N2CCN(C(=O)Cn3cc(CC(C)O)nn3)CC2)nc(N2CCN(C(=O)C(C(C)O)n3cc(CCCCN)nn3)CC2)n1. The number of piperazine rings is 2. The zero-order valence-corrected chi connectivity index (χ0v) is 34.1. The van der Waals surface area contributed by atoms with E-state index in [0.717, 1.165) is 18.5 Å². The lowest BCUT2D eigenvalue weighted by Gasteiger charge is -2.37. The molecule has 324 valence electrons. The predicted octanol–water partition coefficient (Wildman–Crippen LogP) is -2.03. The summed E-state index contributed by atoms with van der Waals surface area (Å²) in [6.07, 6.45) is 9.83. The number of nitrogens with two attached hydrogens (primary N) is 1. The zero-order valence-electron chi connectivity index (χ0n) is 34.1. The van der Waals surface area contributed by atoms with E-state index in [-0.39, 0.29) is 25.0 Å². The van der Waals surface area contributed by atoms with E-state index in [9.17, 15) is 19.8 Å². The Morgan fingerprint density at radius 2 is 1.46 bits per heavy atom. The third kappa shape index (κ3) is 14.0. The highest BCUT2D eigenvalue weighted by atomic mass is 16.5. The molecule has 0 spiro atoms. The van der Waals surface area contributed by atoms with Gasteiger partial charge in [0.2, 0.25) is 29.7 Å². The number of hydrogen-bond acceptors (Lipinski definition) is 18. The van der Waals surface area contributed by atoms with Crippen molar-refractivity contribution >= 4 is 29.7 Å². The van der Waals surface area contributed by atoms with E-state index in [0.29, 0.717) is 135 Å². The first-order chi connectivity index (χ1) is 28.6. The second-order valence-corrected chi connectivity index (χ2v) is 14.4. The molecule has 2 aliphatic rings. The van der Waals surface area contributed by atoms with Gasteiger partial charge in [-0.1, -0.05) is 16.3 Å². The van der Waals surface area contributed by atoms with Crippen molar-refractivity contribution in [2.45, 2.75) is 64.3 Å². The highest BCUT2D eigenvalue weighted by Gasteiger charge is 2.34. The van der Waals surface area contributed by atoms with E-state index in [4.69, 9.17) is 41.3 Å². The molecule has 2 saturated heterocycles. The van der Waals surface area contributed by atoms with Gasteiger partial charge in [-0.05, 0) is 39.7 Å². The molecule has 22 heteroatoms. The minimum absolute atomic E-state index is 0.0491. The van der Waals surface area contributed by atoms with Crippen molar-refractivity contribution in [3.8, 4) is 12.3 Å². The van der Waals surface area contributed by atoms with Crippen LogP contribution in [-0.2, 0) is 43.2 Å². The number of rotatable bonds is 24. The van der Waals surface area contributed by atoms with E-state index >= 15 is 0 Å². The van der Waals surface area contributed by atoms with Crippen LogP contribution in [-0.4, -0.2) is 194 Å². The number of ether oxygens (including phenoxy) is 3. The molecule has 3 unspecified atom stereocenters. The predicted molar refractivity (Wildman–Crippen MR) is 215 cm³/mol. The number of unbranched alkanes of at least 4 members (excludes halogenated alkanes) is 1. The van der Waals surface area contributed by atoms with Gasteiger partial charge < -0.3 is 55.1 Å². The van der Waals surface area contributed by atoms with Crippen LogP contribution in [0, 0.1) is 12.3 Å². The standard InChI is InChI=1S/C37H59N15O7/c1-4-18-57-20-22-59-23-21-58-19-9-39-35-40-36(49-14-10-47(11-15-49)32(55)27-51-25-31(44-45-51)24-28(2)53)42-37(41-35)50-16-12-48(13-17-50)34(56)33(29(3)54)52-26-30(43-46-52)7-5-6-8-38/h1,25-26,28-29,33,53-54H,5-24,27,38H2,2-3H3,(H,39,40,41,42). The van der Waals surface area contributed by atoms with Crippen LogP contribution in [0.15, 0.2) is 12.4 Å². The molecule has 59 heavy (non-hydrogen) atoms. The molecule has 3 aromatic heterocycles. The first kappa shape index (κ1) is 45.0. The highest BCUT2D eigenvalue weighted by Crippen LogP contribution is 2.22. The number of carbonyl (C=O) groups is 2. The lowest BCUT2D eigenvalue weighted by Crippen LogP contribution is -2.52. The van der Waals surface area contributed by atoms with Crippen LogP contribution in [0.5, 0.6) is 0 Å². The molecule has 22 nitrogen and oxygen atoms in total. The molecule has 0 saturated carbocycles. The van der Waals surface area contributed by atoms with Crippen LogP contribution in [0.3, 0.4) is 0 Å². The first-order valence-electron chi connectivity index (χ1n) is 20.2. The summed E-state index contributed by atoms with van der Waals surface area (Å²) >= 11 is 0. The Bertz CT molecular complexity index is 1770. The number of aliphatic hydroxyl groups excluding tert-OH is 2. The maximum Gasteiger partial charge on any atom is 0.250 e. The van der Waals surface area contributed by atoms with E-state index in [1.807, 2.05) is 9.80 Å². The van der Waals surface area contributed by atoms with Gasteiger partial charge in [0.25, 0.3) is 0 Å². The second kappa shape index (κ2) is 23.5. The van der Waals surface area contributed by atoms with Gasteiger partial charge in [0.05, 0.1) is 56.6 Å². The molecule has 0 aliphatic carbocycles. The summed E-state index contributed by atoms with van der Waals surface area (Å²) in [6.45, 7) is 10.2. The first-order valence-corrected chi connectivity index (χ1v) is 20.2. The van der Waals surface area contributed by atoms with Crippen LogP contribution in [0.1, 0.15) is 44.1 Å². The molecule has 0 bridgehead atoms. The number of carbonyl (C=O) groups excluding carboxylic acids is 2. The van der Waals surface area contributed by atoms with Crippen molar-refractivity contribution in [1.29, 1.82) is 0 Å². The maximum absolute atomic E-state index is 13.8. The maximum atomic E-state index is 13.8. The lowest BCUT2D eigenvalue weighted by molar-refractivity contribution is -0.138. The molecule has 3 aromatic rings. The Morgan fingerprint density at radius 1 is 0.831 bits per heavy atom. The Hall–Kier alpha value is -5.05. The number of amides is 2. The second-order valence-electron chi connectivity index (χ2n) is 14.4. The average Bonchev–Trinajstić information content (AvgIpc) is 3.88. The quantitative estimate of drug-likeness (QED) is 0.0562. The fraction of sp³-hybridized carbons (Fsp3) is 0.703. The number of terminal acetylenes is 1. The fourth-order valence-electron chi connectivity index (χ4n) is 6.60. The molecular weight excluding hydrogens is 767 g/mol. The van der Waals surface area contributed by atoms with Crippen LogP contribution < -0.4 is 20.9 Å². The van der Waals surface area contributed by atoms with Crippen LogP contribution in [0.2, 0.25) is 0 Å². The molecule has 0 radical (unpaired) electrons. The summed E-state index contributed by atoms with van der Waals surface area (Å²) in [5, 5.41) is 40.0. The van der Waals surface area contributed by atoms with Crippen molar-refractivity contribution < 1.29 is 34.0 Å². The summed E-state index contributed by atoms with van der Waals surface area (Å²) in [5.41, 5.74) is 7.00. The normalized spacial score (nSPS) is 16.2. The van der Waals surface area contributed by atoms with E-state index in [1.54, 1.807) is 36.0 Å². The Labute approximate surface area is 344 Å². The van der Waals surface area contributed by atoms with Crippen molar-refractivity contribution in [1.82, 2.24) is 54.7 Å². The van der Waals surface area contributed by atoms with Crippen LogP contribution in [0.25, 0.3) is 0 Å². The van der Waals surface area contributed by atoms with Crippen molar-refractivity contribution in [2.75, 3.05) is 120 Å². The van der Waals surface area contributed by atoms with Crippen molar-refractivity contribution in [3.05, 3.63) is 23.8 Å². The van der Waals surface area contributed by atoms with Gasteiger partial charge in [0, 0.05) is 77.7 Å². The summed E-state index contributed by atoms with van der Waals surface area (Å²) in [4.78, 5) is 48.8. The van der Waals surface area contributed by atoms with Gasteiger partial charge in [0.1, 0.15) is 13.2 Å². The number of aryl methyl sites for hydroxylation is 1. The summed E-state index contributed by atoms with van der Waals surface area (Å²) < 4.78 is 19.4. The van der Waals surface area contributed by atoms with Crippen LogP contribution >= 0.6 is 0 Å². The molecule has 2 fully saturated rings. The zero-order chi connectivity index (χ0) is 42.0. The van der Waals surface area contributed by atoms with Gasteiger partial charge >= 0.3 is 0 Å². The molecule has 3 atom stereocenters. The third-order valence-electron chi connectivity index (χ3n) is 9.69. The van der Waals surface area contributed by atoms with Crippen molar-refractivity contribution in [3.63, 3.8) is 0 Å². The molecular formula is C37H59N15O7. The summed E-state index contributed by atoms with van der Waals surface area (Å²) in [5.74, 6) is 3.37. The minimum Gasteiger partial charge on any atom is -0.393 e. The van der Waals surface area contributed by atoms with Gasteiger partial charge in [-0.15, -0.1) is 16.6 Å². The van der Waals surface area contributed by atoms with Crippen LogP contribution in [0.4, 0.5) is 17.8 Å². The Kier molecular flexibility index (Phi) is 18.0. The lowest BCUT2D eigenvalue weighted by atomic mass is 10.1. The summed E-state index contributed by atoms with van der Waals surface area (Å²) in [6, 6.07) is -0.909. The van der Waals surface area contributed by atoms with E-state index in [1.165, 1.54) is 9.36 Å². The molecule has 2 aliphatic heterocycles.